The summed E-state index contributed by atoms with van der Waals surface area (Å²) in [6.07, 6.45) is 4.22. The van der Waals surface area contributed by atoms with Crippen molar-refractivity contribution in [1.29, 1.82) is 0 Å². The molecule has 1 fully saturated rings. The van der Waals surface area contributed by atoms with Crippen molar-refractivity contribution in [1.82, 2.24) is 4.90 Å². The van der Waals surface area contributed by atoms with Crippen molar-refractivity contribution < 1.29 is 5.11 Å². The van der Waals surface area contributed by atoms with E-state index in [-0.39, 0.29) is 6.10 Å². The van der Waals surface area contributed by atoms with E-state index in [0.29, 0.717) is 0 Å². The normalized spacial score (nSPS) is 17.6. The minimum absolute atomic E-state index is 0.354. The van der Waals surface area contributed by atoms with Crippen LogP contribution in [0.1, 0.15) is 36.5 Å². The zero-order valence-corrected chi connectivity index (χ0v) is 16.0. The molecule has 4 rings (SSSR count). The summed E-state index contributed by atoms with van der Waals surface area (Å²) >= 11 is 1.73. The van der Waals surface area contributed by atoms with Crippen LogP contribution in [-0.4, -0.2) is 29.6 Å². The molecule has 0 saturated carbocycles. The van der Waals surface area contributed by atoms with Crippen molar-refractivity contribution in [3.05, 3.63) is 71.1 Å². The van der Waals surface area contributed by atoms with Crippen molar-refractivity contribution in [3.8, 4) is 0 Å². The molecule has 1 atom stereocenters. The van der Waals surface area contributed by atoms with Gasteiger partial charge in [0.1, 0.15) is 0 Å². The molecule has 0 amide bonds. The zero-order chi connectivity index (χ0) is 17.8. The molecule has 3 aromatic rings. The summed E-state index contributed by atoms with van der Waals surface area (Å²) in [7, 11) is 0. The highest BCUT2D eigenvalue weighted by Crippen LogP contribution is 2.32. The van der Waals surface area contributed by atoms with Gasteiger partial charge in [0.2, 0.25) is 0 Å². The van der Waals surface area contributed by atoms with Gasteiger partial charge in [-0.2, -0.15) is 0 Å². The molecule has 1 aliphatic rings. The van der Waals surface area contributed by atoms with Gasteiger partial charge in [-0.1, -0.05) is 48.5 Å². The monoisotopic (exact) mass is 365 g/mol. The van der Waals surface area contributed by atoms with Gasteiger partial charge in [0.05, 0.1) is 6.10 Å². The second kappa shape index (κ2) is 8.34. The molecule has 0 radical (unpaired) electrons. The Bertz CT molecular complexity index is 820. The molecule has 3 heteroatoms. The van der Waals surface area contributed by atoms with Gasteiger partial charge in [0.15, 0.2) is 0 Å². The van der Waals surface area contributed by atoms with Gasteiger partial charge in [0.25, 0.3) is 0 Å². The summed E-state index contributed by atoms with van der Waals surface area (Å²) in [6.45, 7) is 3.31. The summed E-state index contributed by atoms with van der Waals surface area (Å²) in [5, 5.41) is 14.0. The number of thiophene rings is 1. The molecule has 0 bridgehead atoms. The van der Waals surface area contributed by atoms with Gasteiger partial charge in [-0.15, -0.1) is 11.3 Å². The van der Waals surface area contributed by atoms with E-state index in [1.807, 2.05) is 0 Å². The molecule has 1 aliphatic heterocycles. The second-order valence-electron chi connectivity index (χ2n) is 7.47. The van der Waals surface area contributed by atoms with Crippen molar-refractivity contribution >= 4 is 21.4 Å². The minimum atomic E-state index is -0.354. The summed E-state index contributed by atoms with van der Waals surface area (Å²) in [5.74, 6) is 0.805. The van der Waals surface area contributed by atoms with Crippen molar-refractivity contribution in [2.75, 3.05) is 19.6 Å². The predicted octanol–water partition coefficient (Wildman–Crippen LogP) is 5.28. The Balaban J connectivity index is 1.26. The minimum Gasteiger partial charge on any atom is -0.388 e. The Morgan fingerprint density at radius 2 is 1.73 bits per heavy atom. The maximum absolute atomic E-state index is 10.7. The molecular formula is C23H27NOS. The molecule has 2 aromatic carbocycles. The molecule has 26 heavy (non-hydrogen) atoms. The fourth-order valence-corrected chi connectivity index (χ4v) is 5.09. The van der Waals surface area contributed by atoms with Crippen LogP contribution in [0.3, 0.4) is 0 Å². The highest BCUT2D eigenvalue weighted by molar-refractivity contribution is 7.17. The molecule has 1 unspecified atom stereocenters. The van der Waals surface area contributed by atoms with Crippen LogP contribution < -0.4 is 0 Å². The van der Waals surface area contributed by atoms with Crippen LogP contribution >= 0.6 is 11.3 Å². The van der Waals surface area contributed by atoms with E-state index in [4.69, 9.17) is 0 Å². The lowest BCUT2D eigenvalue weighted by Gasteiger charge is -2.32. The maximum Gasteiger partial charge on any atom is 0.0816 e. The fraction of sp³-hybridized carbons (Fsp3) is 0.391. The first kappa shape index (κ1) is 17.7. The van der Waals surface area contributed by atoms with E-state index in [1.54, 1.807) is 11.3 Å². The number of aliphatic hydroxyl groups is 1. The van der Waals surface area contributed by atoms with E-state index < -0.39 is 0 Å². The molecule has 1 saturated heterocycles. The highest BCUT2D eigenvalue weighted by Gasteiger charge is 2.21. The lowest BCUT2D eigenvalue weighted by Crippen LogP contribution is -2.35. The number of benzene rings is 2. The zero-order valence-electron chi connectivity index (χ0n) is 15.2. The van der Waals surface area contributed by atoms with Crippen molar-refractivity contribution in [2.24, 2.45) is 5.92 Å². The average Bonchev–Trinajstić information content (AvgIpc) is 3.12. The standard InChI is InChI=1S/C23H27NOS/c25-22(21-17-26-23-9-5-4-8-20(21)23)12-15-24-13-10-19(11-14-24)16-18-6-2-1-3-7-18/h1-9,17,19,22,25H,10-16H2. The molecule has 1 N–H and O–H groups in total. The van der Waals surface area contributed by atoms with E-state index in [1.165, 1.54) is 34.9 Å². The topological polar surface area (TPSA) is 23.5 Å². The number of fused-ring (bicyclic) bond motifs is 1. The Kier molecular flexibility index (Phi) is 5.68. The third-order valence-electron chi connectivity index (χ3n) is 5.66. The van der Waals surface area contributed by atoms with E-state index in [9.17, 15) is 5.11 Å². The number of nitrogens with zero attached hydrogens (tertiary/aromatic N) is 1. The van der Waals surface area contributed by atoms with Crippen LogP contribution in [0.15, 0.2) is 60.0 Å². The first-order chi connectivity index (χ1) is 12.8. The van der Waals surface area contributed by atoms with E-state index in [0.717, 1.165) is 37.5 Å². The molecule has 136 valence electrons. The number of hydrogen-bond acceptors (Lipinski definition) is 3. The van der Waals surface area contributed by atoms with E-state index >= 15 is 0 Å². The number of likely N-dealkylation sites (tertiary alicyclic amines) is 1. The van der Waals surface area contributed by atoms with Crippen LogP contribution in [0.25, 0.3) is 10.1 Å². The summed E-state index contributed by atoms with van der Waals surface area (Å²) in [5.41, 5.74) is 2.57. The van der Waals surface area contributed by atoms with Crippen molar-refractivity contribution in [2.45, 2.75) is 31.8 Å². The molecule has 2 heterocycles. The lowest BCUT2D eigenvalue weighted by molar-refractivity contribution is 0.124. The summed E-state index contributed by atoms with van der Waals surface area (Å²) in [4.78, 5) is 2.53. The summed E-state index contributed by atoms with van der Waals surface area (Å²) < 4.78 is 1.27. The maximum atomic E-state index is 10.7. The lowest BCUT2D eigenvalue weighted by atomic mass is 9.90. The Labute approximate surface area is 160 Å². The van der Waals surface area contributed by atoms with Crippen LogP contribution in [-0.2, 0) is 6.42 Å². The second-order valence-corrected chi connectivity index (χ2v) is 8.38. The third-order valence-corrected chi connectivity index (χ3v) is 6.64. The first-order valence-electron chi connectivity index (χ1n) is 9.70. The third kappa shape index (κ3) is 4.17. The number of aliphatic hydroxyl groups excluding tert-OH is 1. The van der Waals surface area contributed by atoms with Crippen LogP contribution in [0.5, 0.6) is 0 Å². The predicted molar refractivity (Wildman–Crippen MR) is 111 cm³/mol. The molecule has 1 aromatic heterocycles. The van der Waals surface area contributed by atoms with Gasteiger partial charge in [-0.05, 0) is 72.7 Å². The fourth-order valence-electron chi connectivity index (χ4n) is 4.08. The van der Waals surface area contributed by atoms with Crippen LogP contribution in [0, 0.1) is 5.92 Å². The van der Waals surface area contributed by atoms with Gasteiger partial charge >= 0.3 is 0 Å². The largest absolute Gasteiger partial charge is 0.388 e. The average molecular weight is 366 g/mol. The number of rotatable bonds is 6. The van der Waals surface area contributed by atoms with Gasteiger partial charge in [0, 0.05) is 11.2 Å². The van der Waals surface area contributed by atoms with Gasteiger partial charge in [-0.25, -0.2) is 0 Å². The van der Waals surface area contributed by atoms with E-state index in [2.05, 4.69) is 64.9 Å². The molecule has 2 nitrogen and oxygen atoms in total. The quantitative estimate of drug-likeness (QED) is 0.642. The van der Waals surface area contributed by atoms with Crippen LogP contribution in [0.2, 0.25) is 0 Å². The Hall–Kier alpha value is -1.68. The highest BCUT2D eigenvalue weighted by atomic mass is 32.1. The van der Waals surface area contributed by atoms with Gasteiger partial charge in [-0.3, -0.25) is 0 Å². The summed E-state index contributed by atoms with van der Waals surface area (Å²) in [6, 6.07) is 19.2. The first-order valence-corrected chi connectivity index (χ1v) is 10.6. The van der Waals surface area contributed by atoms with Gasteiger partial charge < -0.3 is 10.0 Å². The SMILES string of the molecule is OC(CCN1CCC(Cc2ccccc2)CC1)c1csc2ccccc12. The Morgan fingerprint density at radius 1 is 1.00 bits per heavy atom. The smallest absolute Gasteiger partial charge is 0.0816 e. The molecular weight excluding hydrogens is 338 g/mol. The number of piperidine rings is 1. The number of hydrogen-bond donors (Lipinski definition) is 1. The van der Waals surface area contributed by atoms with Crippen LogP contribution in [0.4, 0.5) is 0 Å². The molecule has 0 spiro atoms. The van der Waals surface area contributed by atoms with Crippen molar-refractivity contribution in [3.63, 3.8) is 0 Å². The Morgan fingerprint density at radius 3 is 2.54 bits per heavy atom. The molecule has 0 aliphatic carbocycles.